The summed E-state index contributed by atoms with van der Waals surface area (Å²) in [6.45, 7) is 3.60. The number of benzene rings is 1. The molecule has 1 unspecified atom stereocenters. The predicted molar refractivity (Wildman–Crippen MR) is 56.9 cm³/mol. The van der Waals surface area contributed by atoms with Crippen LogP contribution >= 0.6 is 0 Å². The Morgan fingerprint density at radius 1 is 1.38 bits per heavy atom. The first-order valence-electron chi connectivity index (χ1n) is 4.54. The van der Waals surface area contributed by atoms with E-state index in [0.29, 0.717) is 17.9 Å². The highest BCUT2D eigenvalue weighted by Gasteiger charge is 2.34. The molecule has 16 heavy (non-hydrogen) atoms. The topological polar surface area (TPSA) is 72.8 Å². The van der Waals surface area contributed by atoms with Crippen LogP contribution in [0.25, 0.3) is 0 Å². The summed E-state index contributed by atoms with van der Waals surface area (Å²) in [7, 11) is -4.36. The van der Waals surface area contributed by atoms with E-state index in [9.17, 15) is 8.42 Å². The molecule has 1 heterocycles. The van der Waals surface area contributed by atoms with Crippen LogP contribution in [0.5, 0.6) is 11.5 Å². The van der Waals surface area contributed by atoms with Crippen molar-refractivity contribution in [2.24, 2.45) is 0 Å². The standard InChI is InChI=1S/C10H10O5S/c1-2-3-7-4-5-8-9(6-7)15-10(14-8)16(11,12)13/h2,4-6,10H,1,3H2,(H,11,12,13). The Morgan fingerprint density at radius 3 is 2.69 bits per heavy atom. The Labute approximate surface area is 93.1 Å². The molecule has 5 nitrogen and oxygen atoms in total. The second-order valence-corrected chi connectivity index (χ2v) is 4.73. The molecule has 1 N–H and O–H groups in total. The van der Waals surface area contributed by atoms with E-state index in [-0.39, 0.29) is 0 Å². The van der Waals surface area contributed by atoms with Gasteiger partial charge in [-0.3, -0.25) is 4.55 Å². The summed E-state index contributed by atoms with van der Waals surface area (Å²) in [5.41, 5.74) is -0.741. The average molecular weight is 242 g/mol. The second-order valence-electron chi connectivity index (χ2n) is 3.31. The maximum atomic E-state index is 10.8. The zero-order valence-corrected chi connectivity index (χ0v) is 9.11. The van der Waals surface area contributed by atoms with Gasteiger partial charge in [0.15, 0.2) is 11.5 Å². The fraction of sp³-hybridized carbons (Fsp3) is 0.200. The first kappa shape index (κ1) is 11.0. The van der Waals surface area contributed by atoms with E-state index in [1.807, 2.05) is 0 Å². The van der Waals surface area contributed by atoms with Crippen molar-refractivity contribution in [3.63, 3.8) is 0 Å². The zero-order valence-electron chi connectivity index (χ0n) is 8.29. The summed E-state index contributed by atoms with van der Waals surface area (Å²) in [5, 5.41) is 0. The van der Waals surface area contributed by atoms with Crippen molar-refractivity contribution in [2.75, 3.05) is 0 Å². The van der Waals surface area contributed by atoms with Gasteiger partial charge in [-0.15, -0.1) is 6.58 Å². The Bertz CT molecular complexity index is 520. The Hall–Kier alpha value is -1.53. The number of allylic oxidation sites excluding steroid dienone is 1. The molecule has 1 atom stereocenters. The third-order valence-electron chi connectivity index (χ3n) is 2.08. The van der Waals surface area contributed by atoms with Crippen LogP contribution in [0.2, 0.25) is 0 Å². The lowest BCUT2D eigenvalue weighted by Crippen LogP contribution is -2.28. The van der Waals surface area contributed by atoms with Crippen molar-refractivity contribution in [1.29, 1.82) is 0 Å². The second kappa shape index (κ2) is 3.80. The van der Waals surface area contributed by atoms with Gasteiger partial charge in [0.25, 0.3) is 0 Å². The van der Waals surface area contributed by atoms with Crippen LogP contribution < -0.4 is 9.47 Å². The van der Waals surface area contributed by atoms with Gasteiger partial charge in [-0.1, -0.05) is 12.1 Å². The molecule has 6 heteroatoms. The largest absolute Gasteiger partial charge is 0.436 e. The highest BCUT2D eigenvalue weighted by atomic mass is 32.2. The summed E-state index contributed by atoms with van der Waals surface area (Å²) < 4.78 is 40.3. The van der Waals surface area contributed by atoms with Gasteiger partial charge in [0.2, 0.25) is 0 Å². The molecule has 2 rings (SSSR count). The van der Waals surface area contributed by atoms with E-state index < -0.39 is 15.7 Å². The molecule has 0 amide bonds. The summed E-state index contributed by atoms with van der Waals surface area (Å²) >= 11 is 0. The quantitative estimate of drug-likeness (QED) is 0.640. The zero-order chi connectivity index (χ0) is 11.8. The molecule has 0 saturated carbocycles. The van der Waals surface area contributed by atoms with Crippen molar-refractivity contribution >= 4 is 10.1 Å². The fourth-order valence-corrected chi connectivity index (χ4v) is 1.84. The van der Waals surface area contributed by atoms with E-state index in [4.69, 9.17) is 14.0 Å². The van der Waals surface area contributed by atoms with Crippen LogP contribution in [0.4, 0.5) is 0 Å². The maximum absolute atomic E-state index is 10.8. The van der Waals surface area contributed by atoms with E-state index >= 15 is 0 Å². The van der Waals surface area contributed by atoms with Crippen molar-refractivity contribution < 1.29 is 22.4 Å². The van der Waals surface area contributed by atoms with Gasteiger partial charge in [0.1, 0.15) is 0 Å². The minimum Gasteiger partial charge on any atom is -0.436 e. The molecule has 86 valence electrons. The van der Waals surface area contributed by atoms with Gasteiger partial charge in [-0.2, -0.15) is 8.42 Å². The van der Waals surface area contributed by atoms with E-state index in [1.165, 1.54) is 0 Å². The third-order valence-corrected chi connectivity index (χ3v) is 2.76. The Kier molecular flexibility index (Phi) is 2.61. The van der Waals surface area contributed by atoms with Crippen LogP contribution in [0, 0.1) is 0 Å². The minimum absolute atomic E-state index is 0.301. The monoisotopic (exact) mass is 242 g/mol. The fourth-order valence-electron chi connectivity index (χ4n) is 1.39. The van der Waals surface area contributed by atoms with Crippen molar-refractivity contribution in [3.8, 4) is 11.5 Å². The van der Waals surface area contributed by atoms with Crippen LogP contribution in [0.15, 0.2) is 30.9 Å². The molecule has 0 spiro atoms. The lowest BCUT2D eigenvalue weighted by molar-refractivity contribution is 0.114. The van der Waals surface area contributed by atoms with Gasteiger partial charge in [-0.05, 0) is 24.1 Å². The Balaban J connectivity index is 2.28. The molecule has 1 aromatic carbocycles. The summed E-state index contributed by atoms with van der Waals surface area (Å²) in [4.78, 5) is 0. The predicted octanol–water partition coefficient (Wildman–Crippen LogP) is 1.36. The van der Waals surface area contributed by atoms with Gasteiger partial charge >= 0.3 is 15.7 Å². The summed E-state index contributed by atoms with van der Waals surface area (Å²) in [6.07, 6.45) is 2.37. The normalized spacial score (nSPS) is 18.4. The van der Waals surface area contributed by atoms with Crippen LogP contribution in [0.1, 0.15) is 5.56 Å². The number of hydrogen-bond acceptors (Lipinski definition) is 4. The third kappa shape index (κ3) is 2.02. The maximum Gasteiger partial charge on any atom is 0.371 e. The summed E-state index contributed by atoms with van der Waals surface area (Å²) in [6, 6.07) is 5.03. The molecule has 1 aromatic rings. The molecule has 1 aliphatic rings. The lowest BCUT2D eigenvalue weighted by Gasteiger charge is -2.04. The highest BCUT2D eigenvalue weighted by Crippen LogP contribution is 2.36. The lowest BCUT2D eigenvalue weighted by atomic mass is 10.1. The van der Waals surface area contributed by atoms with Gasteiger partial charge in [0, 0.05) is 0 Å². The number of rotatable bonds is 3. The molecular formula is C10H10O5S. The van der Waals surface area contributed by atoms with E-state index in [0.717, 1.165) is 5.56 Å². The highest BCUT2D eigenvalue weighted by molar-refractivity contribution is 7.86. The average Bonchev–Trinajstić information content (AvgIpc) is 2.60. The number of fused-ring (bicyclic) bond motifs is 1. The molecule has 0 aliphatic carbocycles. The van der Waals surface area contributed by atoms with Gasteiger partial charge in [0.05, 0.1) is 0 Å². The molecule has 0 radical (unpaired) electrons. The number of hydrogen-bond donors (Lipinski definition) is 1. The smallest absolute Gasteiger partial charge is 0.371 e. The number of ether oxygens (including phenoxy) is 2. The molecular weight excluding hydrogens is 232 g/mol. The van der Waals surface area contributed by atoms with E-state index in [1.54, 1.807) is 24.3 Å². The first-order chi connectivity index (χ1) is 7.50. The van der Waals surface area contributed by atoms with E-state index in [2.05, 4.69) is 6.58 Å². The Morgan fingerprint density at radius 2 is 2.06 bits per heavy atom. The van der Waals surface area contributed by atoms with Crippen LogP contribution in [-0.2, 0) is 16.5 Å². The van der Waals surface area contributed by atoms with Gasteiger partial charge in [-0.25, -0.2) is 0 Å². The van der Waals surface area contributed by atoms with Crippen LogP contribution in [-0.4, -0.2) is 18.6 Å². The first-order valence-corrected chi connectivity index (χ1v) is 6.04. The SMILES string of the molecule is C=CCc1ccc2c(c1)OC(S(=O)(=O)O)O2. The summed E-state index contributed by atoms with van der Waals surface area (Å²) in [5.74, 6) is 0.609. The van der Waals surface area contributed by atoms with Crippen molar-refractivity contribution in [3.05, 3.63) is 36.4 Å². The minimum atomic E-state index is -4.36. The molecule has 0 aromatic heterocycles. The molecule has 1 aliphatic heterocycles. The van der Waals surface area contributed by atoms with Crippen molar-refractivity contribution in [1.82, 2.24) is 0 Å². The molecule has 0 bridgehead atoms. The van der Waals surface area contributed by atoms with Gasteiger partial charge < -0.3 is 9.47 Å². The molecule has 0 fully saturated rings. The van der Waals surface area contributed by atoms with Crippen molar-refractivity contribution in [2.45, 2.75) is 12.0 Å². The van der Waals surface area contributed by atoms with Crippen LogP contribution in [0.3, 0.4) is 0 Å². The molecule has 0 saturated heterocycles.